The Hall–Kier alpha value is -2.30. The van der Waals surface area contributed by atoms with Crippen molar-refractivity contribution in [3.05, 3.63) is 69.7 Å². The molecule has 0 saturated carbocycles. The molecule has 0 aliphatic rings. The molecule has 0 aromatic heterocycles. The van der Waals surface area contributed by atoms with Gasteiger partial charge in [-0.3, -0.25) is 9.59 Å². The Morgan fingerprint density at radius 1 is 1.08 bits per heavy atom. The number of amides is 2. The largest absolute Gasteiger partial charge is 0.333 e. The highest BCUT2D eigenvalue weighted by molar-refractivity contribution is 6.39. The molecular weight excluding hydrogens is 371 g/mol. The van der Waals surface area contributed by atoms with E-state index in [9.17, 15) is 9.59 Å². The van der Waals surface area contributed by atoms with E-state index in [2.05, 4.69) is 12.2 Å². The number of halogens is 2. The molecular formula is C20H20Cl2N2O2. The molecule has 2 amide bonds. The van der Waals surface area contributed by atoms with Gasteiger partial charge in [-0.2, -0.15) is 0 Å². The van der Waals surface area contributed by atoms with Crippen LogP contribution in [0.1, 0.15) is 18.1 Å². The third-order valence-electron chi connectivity index (χ3n) is 3.79. The van der Waals surface area contributed by atoms with Crippen LogP contribution in [0, 0.1) is 0 Å². The number of likely N-dealkylation sites (N-methyl/N-ethyl adjacent to an activating group) is 1. The zero-order chi connectivity index (χ0) is 19.1. The third-order valence-corrected chi connectivity index (χ3v) is 4.42. The number of anilines is 1. The van der Waals surface area contributed by atoms with Crippen LogP contribution in [0.2, 0.25) is 10.0 Å². The highest BCUT2D eigenvalue weighted by atomic mass is 35.5. The van der Waals surface area contributed by atoms with Gasteiger partial charge in [0, 0.05) is 13.1 Å². The lowest BCUT2D eigenvalue weighted by molar-refractivity contribution is -0.129. The van der Waals surface area contributed by atoms with Crippen molar-refractivity contribution >= 4 is 46.8 Å². The van der Waals surface area contributed by atoms with Crippen molar-refractivity contribution in [1.82, 2.24) is 4.90 Å². The number of hydrogen-bond acceptors (Lipinski definition) is 2. The fourth-order valence-electron chi connectivity index (χ4n) is 2.25. The summed E-state index contributed by atoms with van der Waals surface area (Å²) in [5, 5.41) is 3.32. The lowest BCUT2D eigenvalue weighted by atomic mass is 10.1. The van der Waals surface area contributed by atoms with E-state index in [4.69, 9.17) is 23.2 Å². The minimum atomic E-state index is -0.378. The van der Waals surface area contributed by atoms with E-state index in [-0.39, 0.29) is 18.4 Å². The molecule has 0 fully saturated rings. The average molecular weight is 391 g/mol. The SMILES string of the molecule is CCc1ccc(/C=C/C(=O)N(C)CC(=O)Nc2c(Cl)cccc2Cl)cc1. The molecule has 0 unspecified atom stereocenters. The van der Waals surface area contributed by atoms with Crippen LogP contribution in [-0.2, 0) is 16.0 Å². The minimum Gasteiger partial charge on any atom is -0.333 e. The zero-order valence-corrected chi connectivity index (χ0v) is 16.1. The minimum absolute atomic E-state index is 0.112. The van der Waals surface area contributed by atoms with Crippen molar-refractivity contribution in [2.45, 2.75) is 13.3 Å². The van der Waals surface area contributed by atoms with Crippen molar-refractivity contribution in [1.29, 1.82) is 0 Å². The van der Waals surface area contributed by atoms with Gasteiger partial charge < -0.3 is 10.2 Å². The normalized spacial score (nSPS) is 10.8. The first-order valence-corrected chi connectivity index (χ1v) is 8.92. The van der Waals surface area contributed by atoms with Gasteiger partial charge in [0.15, 0.2) is 0 Å². The molecule has 6 heteroatoms. The summed E-state index contributed by atoms with van der Waals surface area (Å²) in [6, 6.07) is 12.9. The zero-order valence-electron chi connectivity index (χ0n) is 14.6. The van der Waals surface area contributed by atoms with Crippen LogP contribution in [0.3, 0.4) is 0 Å². The van der Waals surface area contributed by atoms with Crippen molar-refractivity contribution in [3.8, 4) is 0 Å². The summed E-state index contributed by atoms with van der Waals surface area (Å²) in [4.78, 5) is 25.6. The van der Waals surface area contributed by atoms with E-state index in [0.717, 1.165) is 12.0 Å². The fourth-order valence-corrected chi connectivity index (χ4v) is 2.74. The molecule has 0 radical (unpaired) electrons. The molecule has 0 atom stereocenters. The van der Waals surface area contributed by atoms with Crippen molar-refractivity contribution in [2.75, 3.05) is 18.9 Å². The lowest BCUT2D eigenvalue weighted by Crippen LogP contribution is -2.34. The number of carbonyl (C=O) groups excluding carboxylic acids is 2. The molecule has 0 spiro atoms. The number of nitrogens with one attached hydrogen (secondary N) is 1. The molecule has 2 rings (SSSR count). The molecule has 0 aliphatic heterocycles. The fraction of sp³-hybridized carbons (Fsp3) is 0.200. The average Bonchev–Trinajstić information content (AvgIpc) is 2.63. The number of aryl methyl sites for hydroxylation is 1. The highest BCUT2D eigenvalue weighted by Crippen LogP contribution is 2.29. The molecule has 1 N–H and O–H groups in total. The van der Waals surface area contributed by atoms with Crippen molar-refractivity contribution in [3.63, 3.8) is 0 Å². The summed E-state index contributed by atoms with van der Waals surface area (Å²) in [5.41, 5.74) is 2.50. The molecule has 26 heavy (non-hydrogen) atoms. The Balaban J connectivity index is 1.93. The Morgan fingerprint density at radius 3 is 2.27 bits per heavy atom. The lowest BCUT2D eigenvalue weighted by Gasteiger charge is -2.15. The van der Waals surface area contributed by atoms with E-state index < -0.39 is 0 Å². The van der Waals surface area contributed by atoms with Gasteiger partial charge in [-0.05, 0) is 35.8 Å². The number of hydrogen-bond donors (Lipinski definition) is 1. The second kappa shape index (κ2) is 9.41. The summed E-state index contributed by atoms with van der Waals surface area (Å²) >= 11 is 12.0. The van der Waals surface area contributed by atoms with Crippen LogP contribution < -0.4 is 5.32 Å². The highest BCUT2D eigenvalue weighted by Gasteiger charge is 2.13. The van der Waals surface area contributed by atoms with Gasteiger partial charge in [-0.25, -0.2) is 0 Å². The summed E-state index contributed by atoms with van der Waals surface area (Å²) < 4.78 is 0. The Kier molecular flexibility index (Phi) is 7.25. The van der Waals surface area contributed by atoms with E-state index >= 15 is 0 Å². The standard InChI is InChI=1S/C20H20Cl2N2O2/c1-3-14-7-9-15(10-8-14)11-12-19(26)24(2)13-18(25)23-20-16(21)5-4-6-17(20)22/h4-12H,3,13H2,1-2H3,(H,23,25)/b12-11+. The molecule has 0 saturated heterocycles. The summed E-state index contributed by atoms with van der Waals surface area (Å²) in [6.45, 7) is 1.98. The van der Waals surface area contributed by atoms with Crippen LogP contribution >= 0.6 is 23.2 Å². The van der Waals surface area contributed by atoms with Crippen molar-refractivity contribution in [2.24, 2.45) is 0 Å². The van der Waals surface area contributed by atoms with Crippen LogP contribution in [0.15, 0.2) is 48.5 Å². The van der Waals surface area contributed by atoms with Gasteiger partial charge in [-0.1, -0.05) is 60.5 Å². The van der Waals surface area contributed by atoms with Gasteiger partial charge >= 0.3 is 0 Å². The topological polar surface area (TPSA) is 49.4 Å². The van der Waals surface area contributed by atoms with E-state index in [1.807, 2.05) is 24.3 Å². The Morgan fingerprint density at radius 2 is 1.69 bits per heavy atom. The van der Waals surface area contributed by atoms with E-state index in [0.29, 0.717) is 15.7 Å². The predicted octanol–water partition coefficient (Wildman–Crippen LogP) is 4.67. The first kappa shape index (κ1) is 20.0. The summed E-state index contributed by atoms with van der Waals surface area (Å²) in [6.07, 6.45) is 4.13. The maximum absolute atomic E-state index is 12.2. The summed E-state index contributed by atoms with van der Waals surface area (Å²) in [7, 11) is 1.56. The molecule has 2 aromatic carbocycles. The first-order valence-electron chi connectivity index (χ1n) is 8.16. The van der Waals surface area contributed by atoms with E-state index in [1.54, 1.807) is 31.3 Å². The monoisotopic (exact) mass is 390 g/mol. The second-order valence-electron chi connectivity index (χ2n) is 5.77. The number of carbonyl (C=O) groups is 2. The molecule has 0 bridgehead atoms. The predicted molar refractivity (Wildman–Crippen MR) is 108 cm³/mol. The number of para-hydroxylation sites is 1. The second-order valence-corrected chi connectivity index (χ2v) is 6.58. The van der Waals surface area contributed by atoms with Gasteiger partial charge in [0.25, 0.3) is 0 Å². The van der Waals surface area contributed by atoms with Crippen LogP contribution in [0.4, 0.5) is 5.69 Å². The number of rotatable bonds is 6. The molecule has 4 nitrogen and oxygen atoms in total. The van der Waals surface area contributed by atoms with Crippen molar-refractivity contribution < 1.29 is 9.59 Å². The number of nitrogens with zero attached hydrogens (tertiary/aromatic N) is 1. The Labute approximate surface area is 163 Å². The van der Waals surface area contributed by atoms with E-state index in [1.165, 1.54) is 16.5 Å². The van der Waals surface area contributed by atoms with Gasteiger partial charge in [0.05, 0.1) is 22.3 Å². The van der Waals surface area contributed by atoms with Gasteiger partial charge in [0.2, 0.25) is 11.8 Å². The third kappa shape index (κ3) is 5.61. The molecule has 0 aliphatic carbocycles. The van der Waals surface area contributed by atoms with Crippen LogP contribution in [-0.4, -0.2) is 30.3 Å². The maximum atomic E-state index is 12.2. The maximum Gasteiger partial charge on any atom is 0.246 e. The quantitative estimate of drug-likeness (QED) is 0.728. The smallest absolute Gasteiger partial charge is 0.246 e. The molecule has 2 aromatic rings. The first-order chi connectivity index (χ1) is 12.4. The summed E-state index contributed by atoms with van der Waals surface area (Å²) in [5.74, 6) is -0.651. The van der Waals surface area contributed by atoms with Crippen LogP contribution in [0.5, 0.6) is 0 Å². The Bertz CT molecular complexity index is 797. The molecule has 136 valence electrons. The van der Waals surface area contributed by atoms with Gasteiger partial charge in [-0.15, -0.1) is 0 Å². The van der Waals surface area contributed by atoms with Crippen LogP contribution in [0.25, 0.3) is 6.08 Å². The van der Waals surface area contributed by atoms with Gasteiger partial charge in [0.1, 0.15) is 0 Å². The molecule has 0 heterocycles. The number of benzene rings is 2.